The number of nitrogens with two attached hydrogens (primary N) is 1. The first-order valence-electron chi connectivity index (χ1n) is 7.12. The van der Waals surface area contributed by atoms with Gasteiger partial charge in [-0.1, -0.05) is 6.08 Å². The van der Waals surface area contributed by atoms with Gasteiger partial charge in [-0.15, -0.1) is 0 Å². The second-order valence-corrected chi connectivity index (χ2v) is 5.40. The molecule has 1 atom stereocenters. The Morgan fingerprint density at radius 2 is 2.24 bits per heavy atom. The maximum absolute atomic E-state index is 12.3. The molecule has 21 heavy (non-hydrogen) atoms. The molecule has 1 unspecified atom stereocenters. The van der Waals surface area contributed by atoms with Crippen molar-refractivity contribution in [3.63, 3.8) is 0 Å². The van der Waals surface area contributed by atoms with Gasteiger partial charge >= 0.3 is 0 Å². The van der Waals surface area contributed by atoms with Crippen LogP contribution in [0.1, 0.15) is 25.0 Å². The molecule has 1 aliphatic rings. The van der Waals surface area contributed by atoms with Crippen molar-refractivity contribution < 1.29 is 4.79 Å². The summed E-state index contributed by atoms with van der Waals surface area (Å²) in [5, 5.41) is 2.95. The lowest BCUT2D eigenvalue weighted by molar-refractivity contribution is -0.113. The molecular weight excluding hydrogens is 264 g/mol. The van der Waals surface area contributed by atoms with Crippen LogP contribution in [0.25, 0.3) is 11.0 Å². The second kappa shape index (κ2) is 5.61. The molecule has 0 radical (unpaired) electrons. The van der Waals surface area contributed by atoms with Crippen LogP contribution in [0.15, 0.2) is 36.0 Å². The van der Waals surface area contributed by atoms with Crippen molar-refractivity contribution in [1.82, 2.24) is 9.97 Å². The Morgan fingerprint density at radius 3 is 3.00 bits per heavy atom. The van der Waals surface area contributed by atoms with E-state index in [-0.39, 0.29) is 11.9 Å². The van der Waals surface area contributed by atoms with E-state index >= 15 is 0 Å². The molecular formula is C16H18N4O. The third-order valence-electron chi connectivity index (χ3n) is 3.71. The number of anilines is 1. The van der Waals surface area contributed by atoms with E-state index in [1.54, 1.807) is 12.3 Å². The largest absolute Gasteiger partial charge is 0.327 e. The molecule has 0 aliphatic heterocycles. The Hall–Kier alpha value is -2.27. The van der Waals surface area contributed by atoms with Crippen LogP contribution >= 0.6 is 0 Å². The Balaban J connectivity index is 1.88. The summed E-state index contributed by atoms with van der Waals surface area (Å²) in [4.78, 5) is 21.1. The van der Waals surface area contributed by atoms with Crippen LogP contribution in [0.2, 0.25) is 0 Å². The molecule has 5 nitrogen and oxygen atoms in total. The molecule has 5 heteroatoms. The van der Waals surface area contributed by atoms with Gasteiger partial charge in [-0.25, -0.2) is 4.98 Å². The third-order valence-corrected chi connectivity index (χ3v) is 3.71. The summed E-state index contributed by atoms with van der Waals surface area (Å²) in [6.45, 7) is 1.92. The fourth-order valence-corrected chi connectivity index (χ4v) is 2.49. The van der Waals surface area contributed by atoms with Crippen LogP contribution in [-0.2, 0) is 4.79 Å². The van der Waals surface area contributed by atoms with Crippen molar-refractivity contribution in [1.29, 1.82) is 0 Å². The summed E-state index contributed by atoms with van der Waals surface area (Å²) in [5.41, 5.74) is 9.74. The molecule has 1 amide bonds. The highest BCUT2D eigenvalue weighted by Gasteiger charge is 2.17. The molecule has 0 spiro atoms. The maximum atomic E-state index is 12.3. The SMILES string of the molecule is Cc1ccc2nccc(NC(=O)C3=CCC(N)CC3)c2n1. The third kappa shape index (κ3) is 2.92. The molecule has 0 bridgehead atoms. The van der Waals surface area contributed by atoms with Gasteiger partial charge in [-0.2, -0.15) is 0 Å². The lowest BCUT2D eigenvalue weighted by atomic mass is 9.95. The number of rotatable bonds is 2. The number of nitrogens with one attached hydrogen (secondary N) is 1. The van der Waals surface area contributed by atoms with Crippen molar-refractivity contribution in [3.05, 3.63) is 41.7 Å². The number of fused-ring (bicyclic) bond motifs is 1. The van der Waals surface area contributed by atoms with Gasteiger partial charge in [0.25, 0.3) is 5.91 Å². The van der Waals surface area contributed by atoms with E-state index in [4.69, 9.17) is 5.73 Å². The van der Waals surface area contributed by atoms with Gasteiger partial charge in [-0.05, 0) is 44.4 Å². The molecule has 0 fully saturated rings. The minimum atomic E-state index is -0.0716. The summed E-state index contributed by atoms with van der Waals surface area (Å²) in [6.07, 6.45) is 5.96. The Bertz CT molecular complexity index is 723. The van der Waals surface area contributed by atoms with Crippen molar-refractivity contribution in [2.45, 2.75) is 32.2 Å². The quantitative estimate of drug-likeness (QED) is 0.885. The number of amides is 1. The number of carbonyl (C=O) groups is 1. The number of pyridine rings is 2. The lowest BCUT2D eigenvalue weighted by Crippen LogP contribution is -2.25. The predicted octanol–water partition coefficient (Wildman–Crippen LogP) is 2.31. The first-order valence-corrected chi connectivity index (χ1v) is 7.12. The number of hydrogen-bond donors (Lipinski definition) is 2. The Morgan fingerprint density at radius 1 is 1.38 bits per heavy atom. The summed E-state index contributed by atoms with van der Waals surface area (Å²) >= 11 is 0. The van der Waals surface area contributed by atoms with Crippen LogP contribution in [0.5, 0.6) is 0 Å². The van der Waals surface area contributed by atoms with Gasteiger partial charge in [0.15, 0.2) is 0 Å². The van der Waals surface area contributed by atoms with Crippen molar-refractivity contribution in [3.8, 4) is 0 Å². The van der Waals surface area contributed by atoms with Gasteiger partial charge in [0.1, 0.15) is 5.52 Å². The minimum absolute atomic E-state index is 0.0716. The summed E-state index contributed by atoms with van der Waals surface area (Å²) in [7, 11) is 0. The van der Waals surface area contributed by atoms with Crippen LogP contribution in [-0.4, -0.2) is 21.9 Å². The topological polar surface area (TPSA) is 80.9 Å². The summed E-state index contributed by atoms with van der Waals surface area (Å²) < 4.78 is 0. The van der Waals surface area contributed by atoms with Crippen LogP contribution in [0.4, 0.5) is 5.69 Å². The lowest BCUT2D eigenvalue weighted by Gasteiger charge is -2.18. The molecule has 0 saturated carbocycles. The standard InChI is InChI=1S/C16H18N4O/c1-10-2-7-13-15(19-10)14(8-9-18-13)20-16(21)11-3-5-12(17)6-4-11/h2-3,7-9,12H,4-6,17H2,1H3,(H,18,20,21). The highest BCUT2D eigenvalue weighted by Crippen LogP contribution is 2.22. The smallest absolute Gasteiger partial charge is 0.251 e. The van der Waals surface area contributed by atoms with Gasteiger partial charge < -0.3 is 11.1 Å². The van der Waals surface area contributed by atoms with E-state index in [9.17, 15) is 4.79 Å². The summed E-state index contributed by atoms with van der Waals surface area (Å²) in [5.74, 6) is -0.0716. The molecule has 2 heterocycles. The predicted molar refractivity (Wildman–Crippen MR) is 82.8 cm³/mol. The van der Waals surface area contributed by atoms with Gasteiger partial charge in [0, 0.05) is 23.5 Å². The number of aryl methyl sites for hydroxylation is 1. The fourth-order valence-electron chi connectivity index (χ4n) is 2.49. The van der Waals surface area contributed by atoms with Crippen molar-refractivity contribution in [2.24, 2.45) is 5.73 Å². The van der Waals surface area contributed by atoms with E-state index < -0.39 is 0 Å². The van der Waals surface area contributed by atoms with Gasteiger partial charge in [0.05, 0.1) is 11.2 Å². The van der Waals surface area contributed by atoms with E-state index in [0.717, 1.165) is 41.6 Å². The highest BCUT2D eigenvalue weighted by molar-refractivity contribution is 6.07. The molecule has 0 aromatic carbocycles. The van der Waals surface area contributed by atoms with E-state index in [0.29, 0.717) is 5.69 Å². The van der Waals surface area contributed by atoms with Gasteiger partial charge in [0.2, 0.25) is 0 Å². The van der Waals surface area contributed by atoms with Crippen LogP contribution in [0.3, 0.4) is 0 Å². The number of hydrogen-bond acceptors (Lipinski definition) is 4. The highest BCUT2D eigenvalue weighted by atomic mass is 16.1. The van der Waals surface area contributed by atoms with E-state index in [1.807, 2.05) is 25.1 Å². The van der Waals surface area contributed by atoms with Crippen LogP contribution < -0.4 is 11.1 Å². The van der Waals surface area contributed by atoms with Crippen molar-refractivity contribution >= 4 is 22.6 Å². The summed E-state index contributed by atoms with van der Waals surface area (Å²) in [6, 6.07) is 5.77. The minimum Gasteiger partial charge on any atom is -0.327 e. The number of aromatic nitrogens is 2. The molecule has 2 aromatic rings. The van der Waals surface area contributed by atoms with Crippen LogP contribution in [0, 0.1) is 6.92 Å². The first-order chi connectivity index (χ1) is 10.1. The Labute approximate surface area is 123 Å². The zero-order valence-corrected chi connectivity index (χ0v) is 12.0. The zero-order valence-electron chi connectivity index (χ0n) is 12.0. The van der Waals surface area contributed by atoms with E-state index in [2.05, 4.69) is 15.3 Å². The van der Waals surface area contributed by atoms with E-state index in [1.165, 1.54) is 0 Å². The number of nitrogens with zero attached hydrogens (tertiary/aromatic N) is 2. The monoisotopic (exact) mass is 282 g/mol. The molecule has 1 aliphatic carbocycles. The first kappa shape index (κ1) is 13.7. The fraction of sp³-hybridized carbons (Fsp3) is 0.312. The zero-order chi connectivity index (χ0) is 14.8. The average Bonchev–Trinajstić information content (AvgIpc) is 2.48. The molecule has 3 rings (SSSR count). The maximum Gasteiger partial charge on any atom is 0.251 e. The average molecular weight is 282 g/mol. The van der Waals surface area contributed by atoms with Crippen molar-refractivity contribution in [2.75, 3.05) is 5.32 Å². The van der Waals surface area contributed by atoms with Gasteiger partial charge in [-0.3, -0.25) is 9.78 Å². The normalized spacial score (nSPS) is 18.4. The molecule has 0 saturated heterocycles. The second-order valence-electron chi connectivity index (χ2n) is 5.40. The molecule has 3 N–H and O–H groups in total. The molecule has 2 aromatic heterocycles. The number of carbonyl (C=O) groups excluding carboxylic acids is 1. The Kier molecular flexibility index (Phi) is 3.66. The molecule has 108 valence electrons.